The van der Waals surface area contributed by atoms with Gasteiger partial charge in [-0.05, 0) is 37.2 Å². The second kappa shape index (κ2) is 17.7. The van der Waals surface area contributed by atoms with E-state index in [1.165, 1.54) is 29.6 Å². The van der Waals surface area contributed by atoms with E-state index in [0.717, 1.165) is 5.56 Å². The molecule has 0 radical (unpaired) electrons. The van der Waals surface area contributed by atoms with Crippen LogP contribution in [0.15, 0.2) is 41.1 Å². The Morgan fingerprint density at radius 1 is 0.936 bits per heavy atom. The molecular weight excluding hydrogens is 639 g/mol. The van der Waals surface area contributed by atoms with Gasteiger partial charge in [-0.15, -0.1) is 22.7 Å². The van der Waals surface area contributed by atoms with Gasteiger partial charge in [0.15, 0.2) is 0 Å². The van der Waals surface area contributed by atoms with E-state index in [2.05, 4.69) is 45.1 Å². The van der Waals surface area contributed by atoms with Crippen LogP contribution in [-0.2, 0) is 20.8 Å². The van der Waals surface area contributed by atoms with Gasteiger partial charge in [-0.25, -0.2) is 9.97 Å². The van der Waals surface area contributed by atoms with Crippen LogP contribution >= 0.6 is 22.7 Å². The first-order valence-electron chi connectivity index (χ1n) is 15.9. The average molecular weight is 682 g/mol. The summed E-state index contributed by atoms with van der Waals surface area (Å²) >= 11 is 2.63. The highest BCUT2D eigenvalue weighted by atomic mass is 32.1. The van der Waals surface area contributed by atoms with Crippen molar-refractivity contribution < 1.29 is 24.0 Å². The summed E-state index contributed by atoms with van der Waals surface area (Å²) in [6.45, 7) is 6.80. The van der Waals surface area contributed by atoms with Crippen molar-refractivity contribution in [3.63, 3.8) is 0 Å². The molecule has 0 saturated heterocycles. The van der Waals surface area contributed by atoms with Crippen molar-refractivity contribution in [2.75, 3.05) is 26.2 Å². The number of nitrogens with one attached hydrogen (secondary N) is 4. The van der Waals surface area contributed by atoms with Gasteiger partial charge in [0.2, 0.25) is 17.7 Å². The van der Waals surface area contributed by atoms with Crippen LogP contribution in [-0.4, -0.2) is 70.6 Å². The molecule has 12 nitrogen and oxygen atoms in total. The summed E-state index contributed by atoms with van der Waals surface area (Å²) in [7, 11) is 0. The van der Waals surface area contributed by atoms with Gasteiger partial charge in [0.1, 0.15) is 21.4 Å². The van der Waals surface area contributed by atoms with E-state index >= 15 is 0 Å². The molecule has 3 heterocycles. The molecule has 252 valence electrons. The Morgan fingerprint density at radius 3 is 2.28 bits per heavy atom. The molecule has 0 aliphatic carbocycles. The van der Waals surface area contributed by atoms with Crippen molar-refractivity contribution >= 4 is 52.2 Å². The number of carbonyl (C=O) groups is 5. The van der Waals surface area contributed by atoms with E-state index in [1.54, 1.807) is 15.7 Å². The van der Waals surface area contributed by atoms with Crippen LogP contribution in [0.3, 0.4) is 0 Å². The molecule has 3 aromatic rings. The highest BCUT2D eigenvalue weighted by molar-refractivity contribution is 7.10. The van der Waals surface area contributed by atoms with Gasteiger partial charge < -0.3 is 26.2 Å². The maximum atomic E-state index is 13.5. The first-order valence-corrected chi connectivity index (χ1v) is 17.7. The number of hydrogen-bond acceptors (Lipinski definition) is 9. The Balaban J connectivity index is 1.58. The SMILES string of the molecule is CC(=O)NCCC(=O)N1CCCNC(=O)c2csc(n2)[C@H](Cc2ccccc2)NC(=O)c2csc(n2)[C@H](CC(C)C)NC(=O)CCC1. The van der Waals surface area contributed by atoms with Crippen LogP contribution in [0.2, 0.25) is 0 Å². The van der Waals surface area contributed by atoms with Gasteiger partial charge in [-0.1, -0.05) is 44.2 Å². The van der Waals surface area contributed by atoms with Crippen molar-refractivity contribution in [1.29, 1.82) is 0 Å². The van der Waals surface area contributed by atoms with E-state index < -0.39 is 6.04 Å². The molecule has 47 heavy (non-hydrogen) atoms. The number of hydrogen-bond donors (Lipinski definition) is 4. The molecule has 1 aliphatic heterocycles. The minimum Gasteiger partial charge on any atom is -0.356 e. The lowest BCUT2D eigenvalue weighted by Gasteiger charge is -2.23. The zero-order valence-electron chi connectivity index (χ0n) is 27.0. The van der Waals surface area contributed by atoms with E-state index in [-0.39, 0.29) is 72.3 Å². The first-order chi connectivity index (χ1) is 22.6. The third-order valence-corrected chi connectivity index (χ3v) is 9.44. The number of benzene rings is 1. The number of rotatable bonds is 7. The minimum atomic E-state index is -0.501. The van der Waals surface area contributed by atoms with Gasteiger partial charge in [-0.3, -0.25) is 24.0 Å². The summed E-state index contributed by atoms with van der Waals surface area (Å²) in [6, 6.07) is 8.87. The van der Waals surface area contributed by atoms with E-state index in [0.29, 0.717) is 55.3 Å². The summed E-state index contributed by atoms with van der Waals surface area (Å²) in [5.74, 6) is -0.954. The maximum absolute atomic E-state index is 13.5. The number of nitrogens with zero attached hydrogens (tertiary/aromatic N) is 3. The molecule has 4 bridgehead atoms. The van der Waals surface area contributed by atoms with Crippen molar-refractivity contribution in [2.24, 2.45) is 5.92 Å². The second-order valence-electron chi connectivity index (χ2n) is 11.9. The molecule has 14 heteroatoms. The Kier molecular flexibility index (Phi) is 13.4. The summed E-state index contributed by atoms with van der Waals surface area (Å²) < 4.78 is 0. The van der Waals surface area contributed by atoms with Crippen LogP contribution in [0.25, 0.3) is 0 Å². The first kappa shape index (κ1) is 35.7. The number of amides is 5. The zero-order valence-corrected chi connectivity index (χ0v) is 28.7. The van der Waals surface area contributed by atoms with E-state index in [9.17, 15) is 24.0 Å². The monoisotopic (exact) mass is 681 g/mol. The number of carbonyl (C=O) groups excluding carboxylic acids is 5. The average Bonchev–Trinajstić information content (AvgIpc) is 3.72. The van der Waals surface area contributed by atoms with Crippen molar-refractivity contribution in [1.82, 2.24) is 36.1 Å². The van der Waals surface area contributed by atoms with Crippen LogP contribution in [0.5, 0.6) is 0 Å². The van der Waals surface area contributed by atoms with Gasteiger partial charge in [0.05, 0.1) is 12.1 Å². The highest BCUT2D eigenvalue weighted by Crippen LogP contribution is 2.27. The van der Waals surface area contributed by atoms with Gasteiger partial charge in [0.25, 0.3) is 11.8 Å². The number of fused-ring (bicyclic) bond motifs is 4. The summed E-state index contributed by atoms with van der Waals surface area (Å²) in [4.78, 5) is 74.8. The highest BCUT2D eigenvalue weighted by Gasteiger charge is 2.25. The zero-order chi connectivity index (χ0) is 33.8. The molecule has 1 aromatic carbocycles. The number of aromatic nitrogens is 2. The minimum absolute atomic E-state index is 0.136. The predicted octanol–water partition coefficient (Wildman–Crippen LogP) is 3.79. The molecule has 4 rings (SSSR count). The standard InChI is InChI=1S/C33H43N7O5S2/c1-21(2)17-24-32-39-27(20-47-32)31(45)37-25(18-23-9-5-4-6-10-23)33-38-26(19-46-33)30(44)35-13-8-16-40(15-7-11-28(42)36-24)29(43)12-14-34-22(3)41/h4-6,9-10,19-21,24-25H,7-8,11-18H2,1-3H3,(H,34,41)(H,35,44)(H,36,42)(H,37,45)/t24-,25-/m0/s1. The topological polar surface area (TPSA) is 162 Å². The fraction of sp³-hybridized carbons (Fsp3) is 0.485. The molecule has 0 fully saturated rings. The Labute approximate surface area is 283 Å². The predicted molar refractivity (Wildman–Crippen MR) is 181 cm³/mol. The van der Waals surface area contributed by atoms with Crippen molar-refractivity contribution in [3.8, 4) is 0 Å². The molecular formula is C33H43N7O5S2. The molecule has 4 N–H and O–H groups in total. The molecule has 2 aromatic heterocycles. The summed E-state index contributed by atoms with van der Waals surface area (Å²) in [6.07, 6.45) is 2.39. The molecule has 2 atom stereocenters. The van der Waals surface area contributed by atoms with Crippen LogP contribution in [0.4, 0.5) is 0 Å². The smallest absolute Gasteiger partial charge is 0.271 e. The van der Waals surface area contributed by atoms with E-state index in [1.807, 2.05) is 30.3 Å². The van der Waals surface area contributed by atoms with E-state index in [4.69, 9.17) is 0 Å². The molecule has 1 aliphatic rings. The van der Waals surface area contributed by atoms with Crippen molar-refractivity contribution in [3.05, 3.63) is 68.1 Å². The van der Waals surface area contributed by atoms with Crippen molar-refractivity contribution in [2.45, 2.75) is 71.4 Å². The van der Waals surface area contributed by atoms with Gasteiger partial charge in [0, 0.05) is 56.7 Å². The molecule has 5 amide bonds. The third kappa shape index (κ3) is 11.2. The largest absolute Gasteiger partial charge is 0.356 e. The Bertz CT molecular complexity index is 1520. The van der Waals surface area contributed by atoms with Crippen LogP contribution in [0, 0.1) is 5.92 Å². The number of thiazole rings is 2. The molecule has 0 unspecified atom stereocenters. The molecule has 0 spiro atoms. The Morgan fingerprint density at radius 2 is 1.60 bits per heavy atom. The van der Waals surface area contributed by atoms with Crippen LogP contribution < -0.4 is 21.3 Å². The fourth-order valence-corrected chi connectivity index (χ4v) is 6.92. The Hall–Kier alpha value is -4.17. The summed E-state index contributed by atoms with van der Waals surface area (Å²) in [5, 5.41) is 16.3. The fourth-order valence-electron chi connectivity index (χ4n) is 5.20. The van der Waals surface area contributed by atoms with Crippen LogP contribution in [0.1, 0.15) is 102 Å². The van der Waals surface area contributed by atoms with Gasteiger partial charge in [-0.2, -0.15) is 0 Å². The summed E-state index contributed by atoms with van der Waals surface area (Å²) in [5.41, 5.74) is 1.50. The lowest BCUT2D eigenvalue weighted by molar-refractivity contribution is -0.132. The molecule has 0 saturated carbocycles. The lowest BCUT2D eigenvalue weighted by Crippen LogP contribution is -2.37. The maximum Gasteiger partial charge on any atom is 0.271 e. The normalized spacial score (nSPS) is 18.5. The lowest BCUT2D eigenvalue weighted by atomic mass is 10.0. The quantitative estimate of drug-likeness (QED) is 0.295. The third-order valence-electron chi connectivity index (χ3n) is 7.52. The second-order valence-corrected chi connectivity index (χ2v) is 13.7. The van der Waals surface area contributed by atoms with Gasteiger partial charge >= 0.3 is 0 Å².